The van der Waals surface area contributed by atoms with Crippen molar-refractivity contribution in [2.45, 2.75) is 26.8 Å². The number of rotatable bonds is 5. The summed E-state index contributed by atoms with van der Waals surface area (Å²) < 4.78 is 11.3. The molecule has 3 heteroatoms. The molecule has 1 aromatic rings. The Morgan fingerprint density at radius 3 is 2.50 bits per heavy atom. The van der Waals surface area contributed by atoms with Gasteiger partial charge in [-0.2, -0.15) is 0 Å². The number of nitrogens with one attached hydrogen (secondary N) is 1. The Hall–Kier alpha value is -0.670. The predicted octanol–water partition coefficient (Wildman–Crippen LogP) is 2.33. The van der Waals surface area contributed by atoms with Gasteiger partial charge in [-0.15, -0.1) is 0 Å². The second-order valence-corrected chi connectivity index (χ2v) is 5.67. The van der Waals surface area contributed by atoms with E-state index >= 15 is 0 Å². The standard InChI is InChI=1S/C13H21NOS/c1-5-14-13(9-16(4)15)12-7-6-10(2)11(3)8-12/h6-8,13-14H,5,9H2,1-4H3. The minimum absolute atomic E-state index is 0.204. The van der Waals surface area contributed by atoms with Crippen molar-refractivity contribution in [3.63, 3.8) is 0 Å². The van der Waals surface area contributed by atoms with Crippen molar-refractivity contribution in [3.8, 4) is 0 Å². The smallest absolute Gasteiger partial charge is 0.0436 e. The average molecular weight is 239 g/mol. The normalized spacial score (nSPS) is 14.8. The molecular weight excluding hydrogens is 218 g/mol. The summed E-state index contributed by atoms with van der Waals surface area (Å²) in [5, 5.41) is 3.38. The van der Waals surface area contributed by atoms with Gasteiger partial charge in [-0.25, -0.2) is 0 Å². The zero-order valence-electron chi connectivity index (χ0n) is 10.5. The molecule has 2 unspecified atom stereocenters. The molecule has 1 rings (SSSR count). The van der Waals surface area contributed by atoms with Crippen LogP contribution in [0.2, 0.25) is 0 Å². The van der Waals surface area contributed by atoms with Gasteiger partial charge >= 0.3 is 0 Å². The second kappa shape index (κ2) is 6.16. The summed E-state index contributed by atoms with van der Waals surface area (Å²) in [6, 6.07) is 6.65. The summed E-state index contributed by atoms with van der Waals surface area (Å²) in [7, 11) is -0.772. The highest BCUT2D eigenvalue weighted by Crippen LogP contribution is 2.17. The largest absolute Gasteiger partial charge is 0.309 e. The molecule has 0 aliphatic heterocycles. The van der Waals surface area contributed by atoms with Crippen LogP contribution in [0.25, 0.3) is 0 Å². The Morgan fingerprint density at radius 2 is 2.00 bits per heavy atom. The molecule has 0 saturated heterocycles. The minimum Gasteiger partial charge on any atom is -0.309 e. The molecule has 0 fully saturated rings. The maximum absolute atomic E-state index is 11.3. The molecule has 0 amide bonds. The van der Waals surface area contributed by atoms with Gasteiger partial charge in [-0.05, 0) is 37.1 Å². The van der Waals surface area contributed by atoms with E-state index in [1.54, 1.807) is 6.26 Å². The van der Waals surface area contributed by atoms with Gasteiger partial charge < -0.3 is 5.32 Å². The van der Waals surface area contributed by atoms with E-state index in [4.69, 9.17) is 0 Å². The molecule has 0 spiro atoms. The maximum Gasteiger partial charge on any atom is 0.0436 e. The molecule has 0 saturated carbocycles. The van der Waals surface area contributed by atoms with Crippen molar-refractivity contribution in [2.24, 2.45) is 0 Å². The van der Waals surface area contributed by atoms with Gasteiger partial charge in [0.15, 0.2) is 0 Å². The third kappa shape index (κ3) is 3.72. The van der Waals surface area contributed by atoms with Crippen LogP contribution in [0.1, 0.15) is 29.7 Å². The van der Waals surface area contributed by atoms with Crippen LogP contribution in [0, 0.1) is 13.8 Å². The molecule has 0 radical (unpaired) electrons. The quantitative estimate of drug-likeness (QED) is 0.854. The van der Waals surface area contributed by atoms with Gasteiger partial charge in [0.2, 0.25) is 0 Å². The lowest BCUT2D eigenvalue weighted by atomic mass is 10.0. The van der Waals surface area contributed by atoms with Crippen molar-refractivity contribution in [3.05, 3.63) is 34.9 Å². The summed E-state index contributed by atoms with van der Waals surface area (Å²) in [5.74, 6) is 0.677. The van der Waals surface area contributed by atoms with Crippen molar-refractivity contribution >= 4 is 10.8 Å². The Kier molecular flexibility index (Phi) is 5.16. The van der Waals surface area contributed by atoms with Crippen LogP contribution in [0.4, 0.5) is 0 Å². The maximum atomic E-state index is 11.3. The molecule has 16 heavy (non-hydrogen) atoms. The van der Waals surface area contributed by atoms with E-state index < -0.39 is 10.8 Å². The van der Waals surface area contributed by atoms with E-state index in [-0.39, 0.29) is 6.04 Å². The molecule has 0 aliphatic carbocycles. The summed E-state index contributed by atoms with van der Waals surface area (Å²) >= 11 is 0. The van der Waals surface area contributed by atoms with E-state index in [1.807, 2.05) is 0 Å². The minimum atomic E-state index is -0.772. The lowest BCUT2D eigenvalue weighted by Crippen LogP contribution is -2.25. The molecule has 1 N–H and O–H groups in total. The first-order chi connectivity index (χ1) is 7.54. The fraction of sp³-hybridized carbons (Fsp3) is 0.538. The van der Waals surface area contributed by atoms with Gasteiger partial charge in [0.1, 0.15) is 0 Å². The number of hydrogen-bond donors (Lipinski definition) is 1. The number of aryl methyl sites for hydroxylation is 2. The Morgan fingerprint density at radius 1 is 1.31 bits per heavy atom. The van der Waals surface area contributed by atoms with Crippen LogP contribution in [-0.4, -0.2) is 22.8 Å². The number of benzene rings is 1. The monoisotopic (exact) mass is 239 g/mol. The summed E-state index contributed by atoms with van der Waals surface area (Å²) in [5.41, 5.74) is 3.83. The first-order valence-corrected chi connectivity index (χ1v) is 7.38. The SMILES string of the molecule is CCNC(CS(C)=O)c1ccc(C)c(C)c1. The third-order valence-electron chi connectivity index (χ3n) is 2.79. The first-order valence-electron chi connectivity index (χ1n) is 5.65. The molecule has 0 bridgehead atoms. The first kappa shape index (κ1) is 13.4. The van der Waals surface area contributed by atoms with Crippen LogP contribution >= 0.6 is 0 Å². The van der Waals surface area contributed by atoms with Crippen molar-refractivity contribution in [2.75, 3.05) is 18.6 Å². The highest BCUT2D eigenvalue weighted by atomic mass is 32.2. The van der Waals surface area contributed by atoms with Crippen LogP contribution in [0.15, 0.2) is 18.2 Å². The number of hydrogen-bond acceptors (Lipinski definition) is 2. The van der Waals surface area contributed by atoms with Gasteiger partial charge in [0.25, 0.3) is 0 Å². The van der Waals surface area contributed by atoms with Gasteiger partial charge in [0, 0.05) is 28.9 Å². The Balaban J connectivity index is 2.91. The van der Waals surface area contributed by atoms with Crippen LogP contribution in [-0.2, 0) is 10.8 Å². The van der Waals surface area contributed by atoms with Crippen LogP contribution < -0.4 is 5.32 Å². The fourth-order valence-electron chi connectivity index (χ4n) is 1.74. The average Bonchev–Trinajstić information content (AvgIpc) is 2.21. The second-order valence-electron chi connectivity index (χ2n) is 4.19. The fourth-order valence-corrected chi connectivity index (χ4v) is 2.52. The Labute approximate surface area is 101 Å². The van der Waals surface area contributed by atoms with E-state index in [9.17, 15) is 4.21 Å². The van der Waals surface area contributed by atoms with Crippen molar-refractivity contribution in [1.82, 2.24) is 5.32 Å². The lowest BCUT2D eigenvalue weighted by molar-refractivity contribution is 0.595. The summed E-state index contributed by atoms with van der Waals surface area (Å²) in [4.78, 5) is 0. The van der Waals surface area contributed by atoms with Gasteiger partial charge in [-0.1, -0.05) is 25.1 Å². The predicted molar refractivity (Wildman–Crippen MR) is 71.3 cm³/mol. The molecule has 2 atom stereocenters. The molecular formula is C13H21NOS. The van der Waals surface area contributed by atoms with Gasteiger partial charge in [-0.3, -0.25) is 4.21 Å². The lowest BCUT2D eigenvalue weighted by Gasteiger charge is -2.18. The van der Waals surface area contributed by atoms with E-state index in [0.29, 0.717) is 5.75 Å². The zero-order valence-corrected chi connectivity index (χ0v) is 11.4. The van der Waals surface area contributed by atoms with Crippen molar-refractivity contribution in [1.29, 1.82) is 0 Å². The molecule has 0 aliphatic rings. The third-order valence-corrected chi connectivity index (χ3v) is 3.59. The van der Waals surface area contributed by atoms with E-state index in [0.717, 1.165) is 6.54 Å². The van der Waals surface area contributed by atoms with E-state index in [1.165, 1.54) is 16.7 Å². The molecule has 0 aromatic heterocycles. The van der Waals surface area contributed by atoms with Gasteiger partial charge in [0.05, 0.1) is 0 Å². The highest BCUT2D eigenvalue weighted by molar-refractivity contribution is 7.84. The van der Waals surface area contributed by atoms with Crippen molar-refractivity contribution < 1.29 is 4.21 Å². The summed E-state index contributed by atoms with van der Waals surface area (Å²) in [6.07, 6.45) is 1.76. The highest BCUT2D eigenvalue weighted by Gasteiger charge is 2.12. The summed E-state index contributed by atoms with van der Waals surface area (Å²) in [6.45, 7) is 7.20. The topological polar surface area (TPSA) is 29.1 Å². The van der Waals surface area contributed by atoms with Crippen LogP contribution in [0.5, 0.6) is 0 Å². The Bertz CT molecular complexity index is 376. The molecule has 1 aromatic carbocycles. The van der Waals surface area contributed by atoms with Crippen LogP contribution in [0.3, 0.4) is 0 Å². The molecule has 0 heterocycles. The molecule has 2 nitrogen and oxygen atoms in total. The van der Waals surface area contributed by atoms with E-state index in [2.05, 4.69) is 44.3 Å². The molecule has 90 valence electrons. The zero-order chi connectivity index (χ0) is 12.1.